The van der Waals surface area contributed by atoms with Gasteiger partial charge in [-0.3, -0.25) is 0 Å². The topological polar surface area (TPSA) is 56.5 Å². The van der Waals surface area contributed by atoms with Crippen molar-refractivity contribution in [3.8, 4) is 0 Å². The molecule has 0 fully saturated rings. The normalized spacial score (nSPS) is 10.5. The molecule has 0 bridgehead atoms. The Labute approximate surface area is 134 Å². The summed E-state index contributed by atoms with van der Waals surface area (Å²) in [7, 11) is 1.67. The third-order valence-corrected chi connectivity index (χ3v) is 3.42. The van der Waals surface area contributed by atoms with E-state index in [1.807, 2.05) is 18.2 Å². The fourth-order valence-corrected chi connectivity index (χ4v) is 2.20. The molecule has 1 rings (SSSR count). The van der Waals surface area contributed by atoms with Gasteiger partial charge in [-0.2, -0.15) is 0 Å². The lowest BCUT2D eigenvalue weighted by atomic mass is 10.1. The summed E-state index contributed by atoms with van der Waals surface area (Å²) in [6, 6.07) is 5.88. The van der Waals surface area contributed by atoms with E-state index in [2.05, 4.69) is 21.2 Å². The zero-order valence-electron chi connectivity index (χ0n) is 11.7. The average Bonchev–Trinajstić information content (AvgIpc) is 2.43. The highest BCUT2D eigenvalue weighted by molar-refractivity contribution is 9.10. The van der Waals surface area contributed by atoms with Gasteiger partial charge in [0.25, 0.3) is 0 Å². The van der Waals surface area contributed by atoms with Crippen LogP contribution in [0.2, 0.25) is 0 Å². The van der Waals surface area contributed by atoms with Crippen molar-refractivity contribution in [3.05, 3.63) is 28.2 Å². The Morgan fingerprint density at radius 3 is 2.80 bits per heavy atom. The van der Waals surface area contributed by atoms with Crippen molar-refractivity contribution < 1.29 is 9.47 Å². The Hall–Kier alpha value is -0.690. The number of nitrogens with one attached hydrogen (secondary N) is 1. The zero-order chi connectivity index (χ0) is 14.8. The van der Waals surface area contributed by atoms with Crippen LogP contribution >= 0.6 is 28.1 Å². The summed E-state index contributed by atoms with van der Waals surface area (Å²) in [6.07, 6.45) is 2.04. The number of ether oxygens (including phenoxy) is 2. The van der Waals surface area contributed by atoms with Crippen LogP contribution in [0, 0.1) is 0 Å². The van der Waals surface area contributed by atoms with Gasteiger partial charge in [-0.15, -0.1) is 0 Å². The molecule has 1 aromatic rings. The third kappa shape index (κ3) is 6.65. The number of benzene rings is 1. The number of unbranched alkanes of at least 4 members (excludes halogenated alkanes) is 1. The molecule has 0 aliphatic heterocycles. The summed E-state index contributed by atoms with van der Waals surface area (Å²) in [6.45, 7) is 2.93. The molecule has 112 valence electrons. The van der Waals surface area contributed by atoms with Crippen LogP contribution in [0.1, 0.15) is 18.4 Å². The first-order valence-corrected chi connectivity index (χ1v) is 7.75. The minimum atomic E-state index is 0.400. The second-order valence-corrected chi connectivity index (χ2v) is 5.65. The summed E-state index contributed by atoms with van der Waals surface area (Å²) >= 11 is 8.47. The quantitative estimate of drug-likeness (QED) is 0.496. The lowest BCUT2D eigenvalue weighted by Crippen LogP contribution is -2.14. The van der Waals surface area contributed by atoms with Gasteiger partial charge in [0.2, 0.25) is 0 Å². The molecule has 0 unspecified atom stereocenters. The highest BCUT2D eigenvalue weighted by atomic mass is 79.9. The molecular formula is C14H21BrN2O2S. The van der Waals surface area contributed by atoms with E-state index >= 15 is 0 Å². The van der Waals surface area contributed by atoms with Gasteiger partial charge in [0.05, 0.1) is 13.2 Å². The SMILES string of the molecule is COCCOCCCCNc1ccc(Br)cc1C(N)=S. The molecule has 0 aliphatic carbocycles. The van der Waals surface area contributed by atoms with Gasteiger partial charge in [0.1, 0.15) is 4.99 Å². The minimum absolute atomic E-state index is 0.400. The molecule has 0 atom stereocenters. The molecule has 0 aromatic heterocycles. The lowest BCUT2D eigenvalue weighted by molar-refractivity contribution is 0.0691. The second-order valence-electron chi connectivity index (χ2n) is 4.29. The smallest absolute Gasteiger partial charge is 0.106 e. The molecule has 3 N–H and O–H groups in total. The maximum absolute atomic E-state index is 5.72. The molecular weight excluding hydrogens is 340 g/mol. The van der Waals surface area contributed by atoms with Crippen molar-refractivity contribution >= 4 is 38.8 Å². The first-order valence-electron chi connectivity index (χ1n) is 6.55. The third-order valence-electron chi connectivity index (χ3n) is 2.71. The van der Waals surface area contributed by atoms with Crippen LogP contribution in [-0.2, 0) is 9.47 Å². The van der Waals surface area contributed by atoms with E-state index in [9.17, 15) is 0 Å². The predicted molar refractivity (Wildman–Crippen MR) is 90.4 cm³/mol. The van der Waals surface area contributed by atoms with E-state index in [0.29, 0.717) is 18.2 Å². The van der Waals surface area contributed by atoms with Crippen molar-refractivity contribution in [2.45, 2.75) is 12.8 Å². The van der Waals surface area contributed by atoms with Gasteiger partial charge < -0.3 is 20.5 Å². The molecule has 0 radical (unpaired) electrons. The summed E-state index contributed by atoms with van der Waals surface area (Å²) in [5, 5.41) is 3.36. The minimum Gasteiger partial charge on any atom is -0.389 e. The van der Waals surface area contributed by atoms with Crippen LogP contribution < -0.4 is 11.1 Å². The lowest BCUT2D eigenvalue weighted by Gasteiger charge is -2.11. The highest BCUT2D eigenvalue weighted by Gasteiger charge is 2.05. The molecule has 0 heterocycles. The van der Waals surface area contributed by atoms with Gasteiger partial charge in [-0.25, -0.2) is 0 Å². The van der Waals surface area contributed by atoms with E-state index in [-0.39, 0.29) is 0 Å². The number of nitrogens with two attached hydrogens (primary N) is 1. The Morgan fingerprint density at radius 1 is 1.30 bits per heavy atom. The Bertz CT molecular complexity index is 430. The van der Waals surface area contributed by atoms with Gasteiger partial charge in [-0.1, -0.05) is 28.1 Å². The van der Waals surface area contributed by atoms with E-state index in [0.717, 1.165) is 41.7 Å². The number of methoxy groups -OCH3 is 1. The van der Waals surface area contributed by atoms with Crippen LogP contribution in [0.25, 0.3) is 0 Å². The summed E-state index contributed by atoms with van der Waals surface area (Å²) < 4.78 is 11.3. The Morgan fingerprint density at radius 2 is 2.10 bits per heavy atom. The van der Waals surface area contributed by atoms with E-state index in [1.165, 1.54) is 0 Å². The molecule has 0 aliphatic rings. The second kappa shape index (κ2) is 10.1. The summed E-state index contributed by atoms with van der Waals surface area (Å²) in [5.74, 6) is 0. The Kier molecular flexibility index (Phi) is 8.77. The monoisotopic (exact) mass is 360 g/mol. The first-order chi connectivity index (χ1) is 9.65. The Balaban J connectivity index is 2.27. The number of halogens is 1. The van der Waals surface area contributed by atoms with Crippen molar-refractivity contribution in [2.24, 2.45) is 5.73 Å². The average molecular weight is 361 g/mol. The predicted octanol–water partition coefficient (Wildman–Crippen LogP) is 2.94. The molecule has 6 heteroatoms. The van der Waals surface area contributed by atoms with Crippen LogP contribution in [0.5, 0.6) is 0 Å². The van der Waals surface area contributed by atoms with E-state index < -0.39 is 0 Å². The molecule has 0 amide bonds. The fourth-order valence-electron chi connectivity index (χ4n) is 1.67. The van der Waals surface area contributed by atoms with Gasteiger partial charge in [0.15, 0.2) is 0 Å². The zero-order valence-corrected chi connectivity index (χ0v) is 14.1. The molecule has 4 nitrogen and oxygen atoms in total. The summed E-state index contributed by atoms with van der Waals surface area (Å²) in [5.41, 5.74) is 7.56. The molecule has 1 aromatic carbocycles. The molecule has 0 saturated carbocycles. The standard InChI is InChI=1S/C14H21BrN2O2S/c1-18-8-9-19-7-3-2-6-17-13-5-4-11(15)10-12(13)14(16)20/h4-5,10,17H,2-3,6-9H2,1H3,(H2,16,20). The largest absolute Gasteiger partial charge is 0.389 e. The number of hydrogen-bond donors (Lipinski definition) is 2. The molecule has 0 saturated heterocycles. The van der Waals surface area contributed by atoms with Crippen molar-refractivity contribution in [1.82, 2.24) is 0 Å². The molecule has 0 spiro atoms. The maximum Gasteiger partial charge on any atom is 0.106 e. The van der Waals surface area contributed by atoms with Gasteiger partial charge in [-0.05, 0) is 31.0 Å². The number of thiocarbonyl (C=S) groups is 1. The van der Waals surface area contributed by atoms with Gasteiger partial charge >= 0.3 is 0 Å². The maximum atomic E-state index is 5.72. The first kappa shape index (κ1) is 17.4. The fraction of sp³-hybridized carbons (Fsp3) is 0.500. The van der Waals surface area contributed by atoms with Crippen LogP contribution in [0.3, 0.4) is 0 Å². The van der Waals surface area contributed by atoms with Crippen LogP contribution in [0.4, 0.5) is 5.69 Å². The number of rotatable bonds is 10. The van der Waals surface area contributed by atoms with E-state index in [1.54, 1.807) is 7.11 Å². The summed E-state index contributed by atoms with van der Waals surface area (Å²) in [4.78, 5) is 0.400. The van der Waals surface area contributed by atoms with Crippen molar-refractivity contribution in [2.75, 3.05) is 38.8 Å². The van der Waals surface area contributed by atoms with E-state index in [4.69, 9.17) is 27.4 Å². The highest BCUT2D eigenvalue weighted by Crippen LogP contribution is 2.21. The van der Waals surface area contributed by atoms with Crippen molar-refractivity contribution in [3.63, 3.8) is 0 Å². The number of hydrogen-bond acceptors (Lipinski definition) is 4. The number of anilines is 1. The van der Waals surface area contributed by atoms with Crippen LogP contribution in [0.15, 0.2) is 22.7 Å². The van der Waals surface area contributed by atoms with Gasteiger partial charge in [0, 0.05) is 36.0 Å². The molecule has 20 heavy (non-hydrogen) atoms. The van der Waals surface area contributed by atoms with Crippen LogP contribution in [-0.4, -0.2) is 38.5 Å². The van der Waals surface area contributed by atoms with Crippen molar-refractivity contribution in [1.29, 1.82) is 0 Å².